The summed E-state index contributed by atoms with van der Waals surface area (Å²) in [6, 6.07) is 19.9. The van der Waals surface area contributed by atoms with Crippen molar-refractivity contribution in [1.29, 1.82) is 0 Å². The first-order chi connectivity index (χ1) is 12.6. The Morgan fingerprint density at radius 1 is 0.846 bits per heavy atom. The summed E-state index contributed by atoms with van der Waals surface area (Å²) < 4.78 is 0. The first-order valence-corrected chi connectivity index (χ1v) is 8.31. The Labute approximate surface area is 152 Å². The van der Waals surface area contributed by atoms with Crippen LogP contribution in [0.5, 0.6) is 0 Å². The molecule has 0 aliphatic rings. The molecule has 1 heterocycles. The number of hydrogen-bond acceptors (Lipinski definition) is 3. The molecule has 0 spiro atoms. The number of pyridine rings is 1. The van der Waals surface area contributed by atoms with E-state index in [9.17, 15) is 9.59 Å². The topological polar surface area (TPSA) is 71.1 Å². The molecule has 3 aromatic rings. The number of rotatable bonds is 5. The van der Waals surface area contributed by atoms with E-state index in [1.165, 1.54) is 6.20 Å². The fraction of sp³-hybridized carbons (Fsp3) is 0.0952. The Morgan fingerprint density at radius 3 is 2.23 bits per heavy atom. The standard InChI is InChI=1S/C21H19N3O2/c1-15(16-6-3-2-4-7-16)23-20(25)17-9-11-19(12-10-17)24-21(26)18-8-5-13-22-14-18/h2-15H,1H3,(H,23,25)(H,24,26)/t15-/m1/s1. The van der Waals surface area contributed by atoms with Crippen molar-refractivity contribution in [2.24, 2.45) is 0 Å². The van der Waals surface area contributed by atoms with Crippen molar-refractivity contribution in [2.45, 2.75) is 13.0 Å². The number of aromatic nitrogens is 1. The molecule has 3 rings (SSSR count). The summed E-state index contributed by atoms with van der Waals surface area (Å²) in [5.41, 5.74) is 2.67. The SMILES string of the molecule is C[C@@H](NC(=O)c1ccc(NC(=O)c2cccnc2)cc1)c1ccccc1. The van der Waals surface area contributed by atoms with Crippen LogP contribution in [0, 0.1) is 0 Å². The predicted octanol–water partition coefficient (Wildman–Crippen LogP) is 3.82. The lowest BCUT2D eigenvalue weighted by Gasteiger charge is -2.14. The van der Waals surface area contributed by atoms with Crippen LogP contribution in [-0.4, -0.2) is 16.8 Å². The smallest absolute Gasteiger partial charge is 0.257 e. The third-order valence-corrected chi connectivity index (χ3v) is 3.98. The second-order valence-corrected chi connectivity index (χ2v) is 5.88. The van der Waals surface area contributed by atoms with Crippen molar-refractivity contribution in [2.75, 3.05) is 5.32 Å². The van der Waals surface area contributed by atoms with Crippen molar-refractivity contribution in [3.8, 4) is 0 Å². The summed E-state index contributed by atoms with van der Waals surface area (Å²) in [5.74, 6) is -0.403. The lowest BCUT2D eigenvalue weighted by Crippen LogP contribution is -2.26. The molecule has 5 heteroatoms. The van der Waals surface area contributed by atoms with Gasteiger partial charge < -0.3 is 10.6 Å². The van der Waals surface area contributed by atoms with Crippen LogP contribution >= 0.6 is 0 Å². The van der Waals surface area contributed by atoms with Gasteiger partial charge in [-0.15, -0.1) is 0 Å². The minimum Gasteiger partial charge on any atom is -0.346 e. The number of nitrogens with zero attached hydrogens (tertiary/aromatic N) is 1. The van der Waals surface area contributed by atoms with E-state index >= 15 is 0 Å². The molecule has 0 saturated heterocycles. The van der Waals surface area contributed by atoms with E-state index in [1.54, 1.807) is 42.6 Å². The molecule has 0 aliphatic carbocycles. The number of carbonyl (C=O) groups excluding carboxylic acids is 2. The average molecular weight is 345 g/mol. The maximum Gasteiger partial charge on any atom is 0.257 e. The predicted molar refractivity (Wildman–Crippen MR) is 101 cm³/mol. The zero-order valence-corrected chi connectivity index (χ0v) is 14.3. The van der Waals surface area contributed by atoms with Gasteiger partial charge in [-0.25, -0.2) is 0 Å². The van der Waals surface area contributed by atoms with Crippen molar-refractivity contribution in [1.82, 2.24) is 10.3 Å². The lowest BCUT2D eigenvalue weighted by molar-refractivity contribution is 0.0939. The van der Waals surface area contributed by atoms with Crippen LogP contribution in [0.2, 0.25) is 0 Å². The van der Waals surface area contributed by atoms with Crippen LogP contribution in [0.15, 0.2) is 79.1 Å². The molecule has 2 aromatic carbocycles. The quantitative estimate of drug-likeness (QED) is 0.738. The largest absolute Gasteiger partial charge is 0.346 e. The lowest BCUT2D eigenvalue weighted by atomic mass is 10.1. The Bertz CT molecular complexity index is 878. The minimum absolute atomic E-state index is 0.0892. The van der Waals surface area contributed by atoms with Crippen molar-refractivity contribution >= 4 is 17.5 Å². The molecule has 1 atom stereocenters. The molecule has 0 bridgehead atoms. The Balaban J connectivity index is 1.62. The maximum absolute atomic E-state index is 12.4. The molecular formula is C21H19N3O2. The van der Waals surface area contributed by atoms with Gasteiger partial charge in [0.2, 0.25) is 0 Å². The third-order valence-electron chi connectivity index (χ3n) is 3.98. The molecule has 2 amide bonds. The molecule has 0 radical (unpaired) electrons. The summed E-state index contributed by atoms with van der Waals surface area (Å²) in [5, 5.41) is 5.74. The van der Waals surface area contributed by atoms with E-state index in [0.717, 1.165) is 5.56 Å². The van der Waals surface area contributed by atoms with Crippen LogP contribution < -0.4 is 10.6 Å². The molecular weight excluding hydrogens is 326 g/mol. The number of hydrogen-bond donors (Lipinski definition) is 2. The molecule has 0 aliphatic heterocycles. The summed E-state index contributed by atoms with van der Waals surface area (Å²) in [7, 11) is 0. The number of anilines is 1. The zero-order chi connectivity index (χ0) is 18.4. The van der Waals surface area contributed by atoms with Crippen LogP contribution in [0.1, 0.15) is 39.2 Å². The van der Waals surface area contributed by atoms with Gasteiger partial charge in [0.05, 0.1) is 11.6 Å². The number of nitrogens with one attached hydrogen (secondary N) is 2. The normalized spacial score (nSPS) is 11.4. The molecule has 130 valence electrons. The summed E-state index contributed by atoms with van der Waals surface area (Å²) in [4.78, 5) is 28.4. The Kier molecular flexibility index (Phi) is 5.39. The third kappa shape index (κ3) is 4.33. The average Bonchev–Trinajstić information content (AvgIpc) is 2.69. The van der Waals surface area contributed by atoms with Crippen LogP contribution in [0.3, 0.4) is 0 Å². The fourth-order valence-corrected chi connectivity index (χ4v) is 2.51. The van der Waals surface area contributed by atoms with Gasteiger partial charge in [-0.3, -0.25) is 14.6 Å². The van der Waals surface area contributed by atoms with Gasteiger partial charge in [0.1, 0.15) is 0 Å². The van der Waals surface area contributed by atoms with Crippen molar-refractivity contribution < 1.29 is 9.59 Å². The first kappa shape index (κ1) is 17.4. The molecule has 0 unspecified atom stereocenters. The van der Waals surface area contributed by atoms with E-state index in [-0.39, 0.29) is 17.9 Å². The second kappa shape index (κ2) is 8.07. The number of amides is 2. The Hall–Kier alpha value is -3.47. The van der Waals surface area contributed by atoms with Gasteiger partial charge in [0.15, 0.2) is 0 Å². The second-order valence-electron chi connectivity index (χ2n) is 5.88. The van der Waals surface area contributed by atoms with E-state index in [4.69, 9.17) is 0 Å². The zero-order valence-electron chi connectivity index (χ0n) is 14.3. The summed E-state index contributed by atoms with van der Waals surface area (Å²) >= 11 is 0. The molecule has 0 fully saturated rings. The Morgan fingerprint density at radius 2 is 1.58 bits per heavy atom. The maximum atomic E-state index is 12.4. The van der Waals surface area contributed by atoms with E-state index in [0.29, 0.717) is 16.8 Å². The fourth-order valence-electron chi connectivity index (χ4n) is 2.51. The van der Waals surface area contributed by atoms with Crippen molar-refractivity contribution in [3.63, 3.8) is 0 Å². The molecule has 26 heavy (non-hydrogen) atoms. The summed E-state index contributed by atoms with van der Waals surface area (Å²) in [6.45, 7) is 1.94. The van der Waals surface area contributed by atoms with E-state index in [1.807, 2.05) is 37.3 Å². The van der Waals surface area contributed by atoms with Crippen LogP contribution in [-0.2, 0) is 0 Å². The van der Waals surface area contributed by atoms with Gasteiger partial charge in [-0.1, -0.05) is 30.3 Å². The minimum atomic E-state index is -0.243. The number of benzene rings is 2. The monoisotopic (exact) mass is 345 g/mol. The van der Waals surface area contributed by atoms with Gasteiger partial charge in [-0.2, -0.15) is 0 Å². The van der Waals surface area contributed by atoms with Gasteiger partial charge in [-0.05, 0) is 48.9 Å². The highest BCUT2D eigenvalue weighted by molar-refractivity contribution is 6.04. The molecule has 5 nitrogen and oxygen atoms in total. The van der Waals surface area contributed by atoms with Gasteiger partial charge >= 0.3 is 0 Å². The number of carbonyl (C=O) groups is 2. The van der Waals surface area contributed by atoms with Crippen LogP contribution in [0.4, 0.5) is 5.69 Å². The van der Waals surface area contributed by atoms with Crippen LogP contribution in [0.25, 0.3) is 0 Å². The molecule has 2 N–H and O–H groups in total. The van der Waals surface area contributed by atoms with E-state index < -0.39 is 0 Å². The first-order valence-electron chi connectivity index (χ1n) is 8.31. The highest BCUT2D eigenvalue weighted by Crippen LogP contribution is 2.14. The highest BCUT2D eigenvalue weighted by Gasteiger charge is 2.12. The molecule has 0 saturated carbocycles. The van der Waals surface area contributed by atoms with Crippen molar-refractivity contribution in [3.05, 3.63) is 95.8 Å². The summed E-state index contributed by atoms with van der Waals surface area (Å²) in [6.07, 6.45) is 3.11. The van der Waals surface area contributed by atoms with E-state index in [2.05, 4.69) is 15.6 Å². The molecule has 1 aromatic heterocycles. The highest BCUT2D eigenvalue weighted by atomic mass is 16.2. The van der Waals surface area contributed by atoms with Gasteiger partial charge in [0, 0.05) is 23.6 Å². The van der Waals surface area contributed by atoms with Gasteiger partial charge in [0.25, 0.3) is 11.8 Å².